The molecule has 0 aromatic heterocycles. The van der Waals surface area contributed by atoms with E-state index in [-0.39, 0.29) is 0 Å². The summed E-state index contributed by atoms with van der Waals surface area (Å²) in [6, 6.07) is 0.403. The molecule has 0 aliphatic carbocycles. The molecule has 0 amide bonds. The molecule has 1 rings (SSSR count). The van der Waals surface area contributed by atoms with Crippen molar-refractivity contribution < 1.29 is 9.90 Å². The number of carboxylic acids is 1. The summed E-state index contributed by atoms with van der Waals surface area (Å²) in [5, 5.41) is 8.96. The third kappa shape index (κ3) is 2.07. The summed E-state index contributed by atoms with van der Waals surface area (Å²) < 4.78 is 0. The molecule has 0 radical (unpaired) electrons. The molecule has 0 aromatic carbocycles. The van der Waals surface area contributed by atoms with Gasteiger partial charge < -0.3 is 10.8 Å². The zero-order valence-corrected chi connectivity index (χ0v) is 9.16. The van der Waals surface area contributed by atoms with E-state index < -0.39 is 11.5 Å². The molecule has 0 bridgehead atoms. The number of nitrogens with zero attached hydrogens (tertiary/aromatic N) is 1. The Labute approximate surface area is 85.1 Å². The van der Waals surface area contributed by atoms with Gasteiger partial charge in [0, 0.05) is 19.1 Å². The Balaban J connectivity index is 2.61. The molecule has 82 valence electrons. The van der Waals surface area contributed by atoms with Crippen LogP contribution in [-0.4, -0.2) is 40.6 Å². The number of carboxylic acid groups (broad SMARTS) is 1. The van der Waals surface area contributed by atoms with E-state index in [1.54, 1.807) is 0 Å². The van der Waals surface area contributed by atoms with Crippen LogP contribution in [-0.2, 0) is 4.79 Å². The SMILES string of the molecule is CC(C)C(C)N1CCC(N)(C(=O)O)C1. The van der Waals surface area contributed by atoms with Crippen molar-refractivity contribution in [3.63, 3.8) is 0 Å². The molecular formula is C10H20N2O2. The Hall–Kier alpha value is -0.610. The first-order valence-corrected chi connectivity index (χ1v) is 5.13. The average molecular weight is 200 g/mol. The Morgan fingerprint density at radius 3 is 2.43 bits per heavy atom. The van der Waals surface area contributed by atoms with Gasteiger partial charge in [0.25, 0.3) is 0 Å². The summed E-state index contributed by atoms with van der Waals surface area (Å²) in [7, 11) is 0. The van der Waals surface area contributed by atoms with Crippen LogP contribution in [0.15, 0.2) is 0 Å². The normalized spacial score (nSPS) is 30.9. The summed E-state index contributed by atoms with van der Waals surface area (Å²) >= 11 is 0. The molecule has 0 spiro atoms. The van der Waals surface area contributed by atoms with Crippen LogP contribution in [0.1, 0.15) is 27.2 Å². The zero-order chi connectivity index (χ0) is 10.9. The Kier molecular flexibility index (Phi) is 3.17. The minimum atomic E-state index is -1.02. The fourth-order valence-electron chi connectivity index (χ4n) is 1.81. The number of nitrogens with two attached hydrogens (primary N) is 1. The first-order valence-electron chi connectivity index (χ1n) is 5.13. The molecule has 4 nitrogen and oxygen atoms in total. The van der Waals surface area contributed by atoms with Crippen LogP contribution in [0.3, 0.4) is 0 Å². The van der Waals surface area contributed by atoms with Crippen LogP contribution in [0.2, 0.25) is 0 Å². The maximum Gasteiger partial charge on any atom is 0.325 e. The third-order valence-corrected chi connectivity index (χ3v) is 3.30. The second kappa shape index (κ2) is 3.87. The molecule has 1 aliphatic rings. The summed E-state index contributed by atoms with van der Waals surface area (Å²) in [6.07, 6.45) is 0.555. The first kappa shape index (κ1) is 11.5. The number of carbonyl (C=O) groups is 1. The number of rotatable bonds is 3. The van der Waals surface area contributed by atoms with Crippen molar-refractivity contribution >= 4 is 5.97 Å². The van der Waals surface area contributed by atoms with Gasteiger partial charge >= 0.3 is 5.97 Å². The largest absolute Gasteiger partial charge is 0.480 e. The lowest BCUT2D eigenvalue weighted by Gasteiger charge is -2.28. The maximum absolute atomic E-state index is 10.9. The molecule has 1 fully saturated rings. The Morgan fingerprint density at radius 1 is 1.50 bits per heavy atom. The van der Waals surface area contributed by atoms with Gasteiger partial charge in [-0.3, -0.25) is 9.69 Å². The summed E-state index contributed by atoms with van der Waals surface area (Å²) in [4.78, 5) is 13.1. The predicted octanol–water partition coefficient (Wildman–Crippen LogP) is 0.519. The highest BCUT2D eigenvalue weighted by atomic mass is 16.4. The van der Waals surface area contributed by atoms with Gasteiger partial charge in [0.15, 0.2) is 0 Å². The van der Waals surface area contributed by atoms with Crippen molar-refractivity contribution in [3.05, 3.63) is 0 Å². The Morgan fingerprint density at radius 2 is 2.07 bits per heavy atom. The highest BCUT2D eigenvalue weighted by Gasteiger charge is 2.42. The summed E-state index contributed by atoms with van der Waals surface area (Å²) in [5.41, 5.74) is 4.76. The Bertz CT molecular complexity index is 230. The van der Waals surface area contributed by atoms with Gasteiger partial charge in [0.05, 0.1) is 0 Å². The molecule has 1 aliphatic heterocycles. The molecule has 2 unspecified atom stereocenters. The van der Waals surface area contributed by atoms with Crippen LogP contribution in [0.25, 0.3) is 0 Å². The molecule has 1 heterocycles. The minimum absolute atomic E-state index is 0.403. The molecule has 14 heavy (non-hydrogen) atoms. The fourth-order valence-corrected chi connectivity index (χ4v) is 1.81. The predicted molar refractivity (Wildman–Crippen MR) is 55.0 cm³/mol. The maximum atomic E-state index is 10.9. The van der Waals surface area contributed by atoms with E-state index in [2.05, 4.69) is 25.7 Å². The van der Waals surface area contributed by atoms with E-state index >= 15 is 0 Å². The lowest BCUT2D eigenvalue weighted by molar-refractivity contribution is -0.142. The van der Waals surface area contributed by atoms with Gasteiger partial charge in [-0.05, 0) is 19.3 Å². The van der Waals surface area contributed by atoms with Gasteiger partial charge in [-0.15, -0.1) is 0 Å². The highest BCUT2D eigenvalue weighted by Crippen LogP contribution is 2.23. The summed E-state index contributed by atoms with van der Waals surface area (Å²) in [6.45, 7) is 7.67. The van der Waals surface area contributed by atoms with Crippen LogP contribution in [0.4, 0.5) is 0 Å². The summed E-state index contributed by atoms with van der Waals surface area (Å²) in [5.74, 6) is -0.345. The lowest BCUT2D eigenvalue weighted by Crippen LogP contribution is -2.51. The van der Waals surface area contributed by atoms with Crippen LogP contribution in [0.5, 0.6) is 0 Å². The fraction of sp³-hybridized carbons (Fsp3) is 0.900. The van der Waals surface area contributed by atoms with Crippen molar-refractivity contribution in [2.75, 3.05) is 13.1 Å². The van der Waals surface area contributed by atoms with Crippen LogP contribution < -0.4 is 5.73 Å². The van der Waals surface area contributed by atoms with Gasteiger partial charge in [-0.2, -0.15) is 0 Å². The van der Waals surface area contributed by atoms with Crippen molar-refractivity contribution in [2.45, 2.75) is 38.8 Å². The van der Waals surface area contributed by atoms with Crippen LogP contribution in [0, 0.1) is 5.92 Å². The average Bonchev–Trinajstić information content (AvgIpc) is 2.48. The van der Waals surface area contributed by atoms with E-state index in [1.807, 2.05) is 0 Å². The smallest absolute Gasteiger partial charge is 0.325 e. The van der Waals surface area contributed by atoms with Crippen molar-refractivity contribution in [2.24, 2.45) is 11.7 Å². The minimum Gasteiger partial charge on any atom is -0.480 e. The molecular weight excluding hydrogens is 180 g/mol. The standard InChI is InChI=1S/C10H20N2O2/c1-7(2)8(3)12-5-4-10(11,6-12)9(13)14/h7-8H,4-6,11H2,1-3H3,(H,13,14). The molecule has 0 saturated carbocycles. The molecule has 2 atom stereocenters. The molecule has 0 aromatic rings. The molecule has 1 saturated heterocycles. The van der Waals surface area contributed by atoms with E-state index in [0.29, 0.717) is 24.9 Å². The van der Waals surface area contributed by atoms with Gasteiger partial charge in [0.2, 0.25) is 0 Å². The van der Waals surface area contributed by atoms with E-state index in [9.17, 15) is 4.79 Å². The van der Waals surface area contributed by atoms with Crippen molar-refractivity contribution in [1.82, 2.24) is 4.90 Å². The first-order chi connectivity index (χ1) is 6.37. The van der Waals surface area contributed by atoms with Crippen LogP contribution >= 0.6 is 0 Å². The van der Waals surface area contributed by atoms with E-state index in [4.69, 9.17) is 10.8 Å². The highest BCUT2D eigenvalue weighted by molar-refractivity contribution is 5.79. The molecule has 4 heteroatoms. The van der Waals surface area contributed by atoms with E-state index in [0.717, 1.165) is 6.54 Å². The van der Waals surface area contributed by atoms with Crippen molar-refractivity contribution in [1.29, 1.82) is 0 Å². The van der Waals surface area contributed by atoms with Gasteiger partial charge in [-0.1, -0.05) is 13.8 Å². The quantitative estimate of drug-likeness (QED) is 0.697. The zero-order valence-electron chi connectivity index (χ0n) is 9.16. The number of likely N-dealkylation sites (tertiary alicyclic amines) is 1. The number of hydrogen-bond donors (Lipinski definition) is 2. The number of hydrogen-bond acceptors (Lipinski definition) is 3. The third-order valence-electron chi connectivity index (χ3n) is 3.30. The second-order valence-corrected chi connectivity index (χ2v) is 4.67. The van der Waals surface area contributed by atoms with Crippen molar-refractivity contribution in [3.8, 4) is 0 Å². The number of aliphatic carboxylic acids is 1. The van der Waals surface area contributed by atoms with E-state index in [1.165, 1.54) is 0 Å². The second-order valence-electron chi connectivity index (χ2n) is 4.67. The van der Waals surface area contributed by atoms with Gasteiger partial charge in [-0.25, -0.2) is 0 Å². The monoisotopic (exact) mass is 200 g/mol. The lowest BCUT2D eigenvalue weighted by atomic mass is 10.0. The topological polar surface area (TPSA) is 66.6 Å². The molecule has 3 N–H and O–H groups in total. The van der Waals surface area contributed by atoms with Gasteiger partial charge in [0.1, 0.15) is 5.54 Å².